The molecule has 1 aromatic carbocycles. The Morgan fingerprint density at radius 2 is 2.00 bits per heavy atom. The lowest BCUT2D eigenvalue weighted by Crippen LogP contribution is -2.40. The Kier molecular flexibility index (Phi) is 7.02. The molecular weight excluding hydrogens is 448 g/mol. The number of benzene rings is 1. The molecule has 4 rings (SSSR count). The second kappa shape index (κ2) is 10.1. The van der Waals surface area contributed by atoms with Crippen molar-refractivity contribution in [2.75, 3.05) is 0 Å². The van der Waals surface area contributed by atoms with Gasteiger partial charge in [-0.3, -0.25) is 24.8 Å². The Hall–Kier alpha value is -2.97. The van der Waals surface area contributed by atoms with Gasteiger partial charge in [0, 0.05) is 24.5 Å². The molecule has 2 fully saturated rings. The number of aliphatic imine (C=N–C) groups is 1. The lowest BCUT2D eigenvalue weighted by molar-refractivity contribution is -0.385. The number of pyridine rings is 1. The number of nitrogens with zero attached hydrogens (tertiary/aromatic N) is 4. The average Bonchev–Trinajstić information content (AvgIpc) is 3.11. The molecule has 1 amide bonds. The van der Waals surface area contributed by atoms with Gasteiger partial charge in [-0.2, -0.15) is 0 Å². The van der Waals surface area contributed by atoms with E-state index in [1.165, 1.54) is 30.4 Å². The van der Waals surface area contributed by atoms with Crippen molar-refractivity contribution in [3.8, 4) is 0 Å². The first-order valence-electron chi connectivity index (χ1n) is 10.4. The van der Waals surface area contributed by atoms with Gasteiger partial charge in [-0.05, 0) is 48.9 Å². The fraction of sp³-hybridized carbons (Fsp3) is 0.261. The second-order valence-electron chi connectivity index (χ2n) is 7.50. The van der Waals surface area contributed by atoms with Crippen LogP contribution in [0, 0.1) is 10.1 Å². The maximum absolute atomic E-state index is 13.3. The van der Waals surface area contributed by atoms with Crippen LogP contribution in [-0.2, 0) is 4.79 Å². The van der Waals surface area contributed by atoms with E-state index in [0.717, 1.165) is 25.7 Å². The molecule has 0 bridgehead atoms. The smallest absolute Gasteiger partial charge is 0.276 e. The summed E-state index contributed by atoms with van der Waals surface area (Å²) in [5, 5.41) is 12.2. The number of hydrogen-bond donors (Lipinski definition) is 0. The van der Waals surface area contributed by atoms with Gasteiger partial charge in [0.05, 0.1) is 26.1 Å². The van der Waals surface area contributed by atoms with Crippen LogP contribution < -0.4 is 0 Å². The number of aromatic nitrogens is 1. The highest BCUT2D eigenvalue weighted by atomic mass is 35.5. The number of para-hydroxylation sites is 1. The third-order valence-electron chi connectivity index (χ3n) is 5.40. The van der Waals surface area contributed by atoms with E-state index in [9.17, 15) is 14.9 Å². The van der Waals surface area contributed by atoms with Crippen molar-refractivity contribution >= 4 is 51.9 Å². The van der Waals surface area contributed by atoms with Gasteiger partial charge in [0.2, 0.25) is 0 Å². The number of hydrogen-bond acceptors (Lipinski definition) is 6. The number of amidine groups is 1. The molecule has 1 saturated heterocycles. The maximum atomic E-state index is 13.3. The van der Waals surface area contributed by atoms with Gasteiger partial charge in [-0.1, -0.05) is 49.1 Å². The SMILES string of the molecule is O=C1/C(=C/C=C/c2ccccc2[N+](=O)[O-])SC(=Nc2ccncc2Cl)N1C1CCCCC1. The van der Waals surface area contributed by atoms with Crippen LogP contribution in [0.1, 0.15) is 37.7 Å². The molecule has 1 aliphatic carbocycles. The number of nitro benzene ring substituents is 1. The molecule has 1 saturated carbocycles. The third-order valence-corrected chi connectivity index (χ3v) is 6.69. The number of halogens is 1. The molecule has 1 aliphatic heterocycles. The Labute approximate surface area is 195 Å². The van der Waals surface area contributed by atoms with E-state index in [-0.39, 0.29) is 17.6 Å². The number of rotatable bonds is 5. The van der Waals surface area contributed by atoms with Gasteiger partial charge in [0.1, 0.15) is 0 Å². The summed E-state index contributed by atoms with van der Waals surface area (Å²) >= 11 is 7.53. The number of nitro groups is 1. The minimum atomic E-state index is -0.420. The summed E-state index contributed by atoms with van der Waals surface area (Å²) in [5.74, 6) is -0.0990. The fourth-order valence-electron chi connectivity index (χ4n) is 3.84. The number of carbonyl (C=O) groups is 1. The molecule has 0 atom stereocenters. The normalized spacial score (nSPS) is 20.0. The number of allylic oxidation sites excluding steroid dienone is 2. The highest BCUT2D eigenvalue weighted by Gasteiger charge is 2.38. The molecule has 0 N–H and O–H groups in total. The minimum Gasteiger partial charge on any atom is -0.283 e. The standard InChI is InChI=1S/C23H21ClN4O3S/c24-18-15-25-14-13-19(18)26-23-27(17-9-2-1-3-10-17)22(29)21(32-23)12-6-8-16-7-4-5-11-20(16)28(30)31/h4-8,11-15,17H,1-3,9-10H2/b8-6+,21-12-,26-23?. The summed E-state index contributed by atoms with van der Waals surface area (Å²) in [6, 6.07) is 8.31. The Morgan fingerprint density at radius 3 is 2.75 bits per heavy atom. The summed E-state index contributed by atoms with van der Waals surface area (Å²) in [7, 11) is 0. The number of carbonyl (C=O) groups excluding carboxylic acids is 1. The highest BCUT2D eigenvalue weighted by Crippen LogP contribution is 2.38. The maximum Gasteiger partial charge on any atom is 0.276 e. The van der Waals surface area contributed by atoms with Crippen LogP contribution in [0.15, 0.2) is 64.8 Å². The molecule has 32 heavy (non-hydrogen) atoms. The predicted molar refractivity (Wildman–Crippen MR) is 128 cm³/mol. The van der Waals surface area contributed by atoms with E-state index < -0.39 is 4.92 Å². The van der Waals surface area contributed by atoms with E-state index in [1.807, 2.05) is 0 Å². The van der Waals surface area contributed by atoms with Crippen molar-refractivity contribution in [3.63, 3.8) is 0 Å². The van der Waals surface area contributed by atoms with Crippen molar-refractivity contribution < 1.29 is 9.72 Å². The van der Waals surface area contributed by atoms with Crippen LogP contribution >= 0.6 is 23.4 Å². The van der Waals surface area contributed by atoms with Gasteiger partial charge in [-0.15, -0.1) is 0 Å². The Balaban J connectivity index is 1.64. The van der Waals surface area contributed by atoms with Crippen molar-refractivity contribution in [3.05, 3.63) is 80.5 Å². The lowest BCUT2D eigenvalue weighted by Gasteiger charge is -2.30. The monoisotopic (exact) mass is 468 g/mol. The van der Waals surface area contributed by atoms with Gasteiger partial charge in [0.25, 0.3) is 11.6 Å². The van der Waals surface area contributed by atoms with Gasteiger partial charge in [0.15, 0.2) is 5.17 Å². The molecule has 9 heteroatoms. The van der Waals surface area contributed by atoms with Crippen LogP contribution in [0.2, 0.25) is 5.02 Å². The average molecular weight is 469 g/mol. The summed E-state index contributed by atoms with van der Waals surface area (Å²) in [4.78, 5) is 35.0. The van der Waals surface area contributed by atoms with Crippen LogP contribution in [0.25, 0.3) is 6.08 Å². The topological polar surface area (TPSA) is 88.7 Å². The van der Waals surface area contributed by atoms with E-state index in [1.54, 1.807) is 53.6 Å². The summed E-state index contributed by atoms with van der Waals surface area (Å²) in [6.07, 6.45) is 13.4. The molecule has 7 nitrogen and oxygen atoms in total. The van der Waals surface area contributed by atoms with Gasteiger partial charge >= 0.3 is 0 Å². The van der Waals surface area contributed by atoms with Crippen LogP contribution in [0.5, 0.6) is 0 Å². The predicted octanol–water partition coefficient (Wildman–Crippen LogP) is 6.14. The summed E-state index contributed by atoms with van der Waals surface area (Å²) < 4.78 is 0. The van der Waals surface area contributed by atoms with Gasteiger partial charge < -0.3 is 0 Å². The van der Waals surface area contributed by atoms with Crippen molar-refractivity contribution in [2.24, 2.45) is 4.99 Å². The van der Waals surface area contributed by atoms with E-state index in [2.05, 4.69) is 9.98 Å². The molecule has 164 valence electrons. The van der Waals surface area contributed by atoms with Crippen LogP contribution in [0.4, 0.5) is 11.4 Å². The number of thioether (sulfide) groups is 1. The van der Waals surface area contributed by atoms with Crippen LogP contribution in [0.3, 0.4) is 0 Å². The zero-order valence-corrected chi connectivity index (χ0v) is 18.8. The molecule has 2 heterocycles. The van der Waals surface area contributed by atoms with Gasteiger partial charge in [-0.25, -0.2) is 4.99 Å². The molecule has 2 aliphatic rings. The molecular formula is C23H21ClN4O3S. The lowest BCUT2D eigenvalue weighted by atomic mass is 9.94. The first kappa shape index (κ1) is 22.2. The first-order chi connectivity index (χ1) is 15.5. The molecule has 0 spiro atoms. The quantitative estimate of drug-likeness (QED) is 0.299. The zero-order chi connectivity index (χ0) is 22.5. The largest absolute Gasteiger partial charge is 0.283 e. The molecule has 2 aromatic rings. The summed E-state index contributed by atoms with van der Waals surface area (Å²) in [6.45, 7) is 0. The minimum absolute atomic E-state index is 0.0194. The molecule has 0 unspecified atom stereocenters. The molecule has 1 aromatic heterocycles. The zero-order valence-electron chi connectivity index (χ0n) is 17.2. The number of amides is 1. The Morgan fingerprint density at radius 1 is 1.22 bits per heavy atom. The first-order valence-corrected chi connectivity index (χ1v) is 11.6. The third kappa shape index (κ3) is 4.92. The van der Waals surface area contributed by atoms with Crippen LogP contribution in [-0.4, -0.2) is 31.9 Å². The Bertz CT molecular complexity index is 1130. The van der Waals surface area contributed by atoms with E-state index in [0.29, 0.717) is 26.3 Å². The summed E-state index contributed by atoms with van der Waals surface area (Å²) in [5.41, 5.74) is 1.06. The van der Waals surface area contributed by atoms with E-state index in [4.69, 9.17) is 11.6 Å². The van der Waals surface area contributed by atoms with Crippen molar-refractivity contribution in [2.45, 2.75) is 38.1 Å². The fourth-order valence-corrected chi connectivity index (χ4v) is 5.00. The highest BCUT2D eigenvalue weighted by molar-refractivity contribution is 8.18. The van der Waals surface area contributed by atoms with E-state index >= 15 is 0 Å². The van der Waals surface area contributed by atoms with Crippen molar-refractivity contribution in [1.29, 1.82) is 0 Å². The molecule has 0 radical (unpaired) electrons. The van der Waals surface area contributed by atoms with Crippen molar-refractivity contribution in [1.82, 2.24) is 9.88 Å². The second-order valence-corrected chi connectivity index (χ2v) is 8.91.